The highest BCUT2D eigenvalue weighted by molar-refractivity contribution is 7.89. The molecule has 1 aliphatic rings. The molecule has 6 heteroatoms. The summed E-state index contributed by atoms with van der Waals surface area (Å²) in [6, 6.07) is 4.51. The molecule has 0 bridgehead atoms. The first kappa shape index (κ1) is 14.4. The van der Waals surface area contributed by atoms with Crippen molar-refractivity contribution in [3.8, 4) is 0 Å². The van der Waals surface area contributed by atoms with E-state index in [1.807, 2.05) is 0 Å². The second-order valence-electron chi connectivity index (χ2n) is 4.90. The van der Waals surface area contributed by atoms with E-state index in [-0.39, 0.29) is 4.90 Å². The molecule has 0 aliphatic heterocycles. The Morgan fingerprint density at radius 2 is 2.00 bits per heavy atom. The van der Waals surface area contributed by atoms with E-state index in [2.05, 4.69) is 0 Å². The van der Waals surface area contributed by atoms with Crippen LogP contribution in [0.25, 0.3) is 0 Å². The topological polar surface area (TPSA) is 57.6 Å². The molecule has 0 heterocycles. The smallest absolute Gasteiger partial charge is 0.243 e. The normalized spacial score (nSPS) is 24.6. The van der Waals surface area contributed by atoms with E-state index in [4.69, 9.17) is 0 Å². The number of aliphatic hydroxyl groups is 1. The van der Waals surface area contributed by atoms with E-state index >= 15 is 0 Å². The summed E-state index contributed by atoms with van der Waals surface area (Å²) in [5, 5.41) is 9.92. The average Bonchev–Trinajstić information content (AvgIpc) is 2.38. The molecule has 1 N–H and O–H groups in total. The molecule has 2 unspecified atom stereocenters. The molecule has 1 fully saturated rings. The van der Waals surface area contributed by atoms with E-state index in [0.29, 0.717) is 12.8 Å². The number of likely N-dealkylation sites (N-methyl/N-ethyl adjacent to an activating group) is 1. The van der Waals surface area contributed by atoms with Crippen LogP contribution in [0.5, 0.6) is 0 Å². The van der Waals surface area contributed by atoms with Crippen LogP contribution in [0.2, 0.25) is 0 Å². The van der Waals surface area contributed by atoms with Crippen LogP contribution in [0.3, 0.4) is 0 Å². The van der Waals surface area contributed by atoms with Gasteiger partial charge in [0, 0.05) is 7.05 Å². The lowest BCUT2D eigenvalue weighted by atomic mass is 9.93. The first-order valence-electron chi connectivity index (χ1n) is 6.34. The number of nitrogens with zero attached hydrogens (tertiary/aromatic N) is 1. The molecule has 1 aliphatic carbocycles. The van der Waals surface area contributed by atoms with Crippen LogP contribution in [0.4, 0.5) is 4.39 Å². The maximum atomic E-state index is 13.1. The third kappa shape index (κ3) is 2.96. The Labute approximate surface area is 112 Å². The van der Waals surface area contributed by atoms with E-state index in [1.165, 1.54) is 29.6 Å². The van der Waals surface area contributed by atoms with Gasteiger partial charge in [0.25, 0.3) is 0 Å². The van der Waals surface area contributed by atoms with Crippen LogP contribution in [-0.4, -0.2) is 37.0 Å². The number of benzene rings is 1. The zero-order valence-electron chi connectivity index (χ0n) is 10.8. The molecule has 0 saturated heterocycles. The third-order valence-electron chi connectivity index (χ3n) is 3.63. The van der Waals surface area contributed by atoms with Crippen molar-refractivity contribution < 1.29 is 17.9 Å². The highest BCUT2D eigenvalue weighted by Crippen LogP contribution is 2.27. The fourth-order valence-corrected chi connectivity index (χ4v) is 3.93. The maximum Gasteiger partial charge on any atom is 0.243 e. The monoisotopic (exact) mass is 287 g/mol. The van der Waals surface area contributed by atoms with Gasteiger partial charge in [-0.05, 0) is 31.0 Å². The Bertz CT molecular complexity index is 547. The lowest BCUT2D eigenvalue weighted by molar-refractivity contribution is 0.0638. The van der Waals surface area contributed by atoms with Gasteiger partial charge in [0.2, 0.25) is 10.0 Å². The van der Waals surface area contributed by atoms with Crippen LogP contribution in [-0.2, 0) is 10.0 Å². The third-order valence-corrected chi connectivity index (χ3v) is 5.51. The van der Waals surface area contributed by atoms with Crippen molar-refractivity contribution in [3.05, 3.63) is 30.1 Å². The Kier molecular flexibility index (Phi) is 4.23. The fraction of sp³-hybridized carbons (Fsp3) is 0.538. The molecule has 0 radical (unpaired) electrons. The minimum absolute atomic E-state index is 0.0761. The zero-order chi connectivity index (χ0) is 14.0. The SMILES string of the molecule is CN(C1CCCCC1O)S(=O)(=O)c1cccc(F)c1. The van der Waals surface area contributed by atoms with Crippen LogP contribution in [0.1, 0.15) is 25.7 Å². The summed E-state index contributed by atoms with van der Waals surface area (Å²) in [7, 11) is -2.32. The maximum absolute atomic E-state index is 13.1. The van der Waals surface area contributed by atoms with Crippen LogP contribution in [0, 0.1) is 5.82 Å². The number of hydrogen-bond acceptors (Lipinski definition) is 3. The van der Waals surface area contributed by atoms with Crippen molar-refractivity contribution in [2.45, 2.75) is 42.7 Å². The molecule has 106 valence electrons. The Morgan fingerprint density at radius 1 is 1.32 bits per heavy atom. The number of rotatable bonds is 3. The van der Waals surface area contributed by atoms with E-state index in [1.54, 1.807) is 0 Å². The summed E-state index contributed by atoms with van der Waals surface area (Å²) in [5.41, 5.74) is 0. The molecular weight excluding hydrogens is 269 g/mol. The van der Waals surface area contributed by atoms with E-state index in [9.17, 15) is 17.9 Å². The highest BCUT2D eigenvalue weighted by atomic mass is 32.2. The largest absolute Gasteiger partial charge is 0.391 e. The summed E-state index contributed by atoms with van der Waals surface area (Å²) >= 11 is 0. The minimum atomic E-state index is -3.76. The lowest BCUT2D eigenvalue weighted by Crippen LogP contribution is -2.46. The fourth-order valence-electron chi connectivity index (χ4n) is 2.49. The number of aliphatic hydroxyl groups excluding tert-OH is 1. The average molecular weight is 287 g/mol. The van der Waals surface area contributed by atoms with Gasteiger partial charge in [-0.3, -0.25) is 0 Å². The molecule has 2 atom stereocenters. The Balaban J connectivity index is 2.28. The molecule has 1 aromatic rings. The lowest BCUT2D eigenvalue weighted by Gasteiger charge is -2.34. The molecule has 4 nitrogen and oxygen atoms in total. The van der Waals surface area contributed by atoms with Crippen LogP contribution >= 0.6 is 0 Å². The summed E-state index contributed by atoms with van der Waals surface area (Å²) in [4.78, 5) is -0.0761. The highest BCUT2D eigenvalue weighted by Gasteiger charge is 2.34. The molecule has 0 aromatic heterocycles. The van der Waals surface area contributed by atoms with Crippen LogP contribution < -0.4 is 0 Å². The van der Waals surface area contributed by atoms with Crippen molar-refractivity contribution in [1.82, 2.24) is 4.31 Å². The number of sulfonamides is 1. The van der Waals surface area contributed by atoms with Crippen molar-refractivity contribution in [3.63, 3.8) is 0 Å². The second kappa shape index (κ2) is 5.56. The molecule has 1 aromatic carbocycles. The van der Waals surface area contributed by atoms with Gasteiger partial charge in [0.1, 0.15) is 5.82 Å². The minimum Gasteiger partial charge on any atom is -0.391 e. The molecule has 19 heavy (non-hydrogen) atoms. The zero-order valence-corrected chi connectivity index (χ0v) is 11.6. The molecule has 0 amide bonds. The molecule has 0 spiro atoms. The van der Waals surface area contributed by atoms with Gasteiger partial charge < -0.3 is 5.11 Å². The van der Waals surface area contributed by atoms with Gasteiger partial charge in [0.15, 0.2) is 0 Å². The van der Waals surface area contributed by atoms with Gasteiger partial charge in [0.05, 0.1) is 17.0 Å². The van der Waals surface area contributed by atoms with Crippen molar-refractivity contribution in [2.75, 3.05) is 7.05 Å². The summed E-state index contributed by atoms with van der Waals surface area (Å²) < 4.78 is 39.1. The van der Waals surface area contributed by atoms with Gasteiger partial charge in [-0.25, -0.2) is 12.8 Å². The second-order valence-corrected chi connectivity index (χ2v) is 6.90. The van der Waals surface area contributed by atoms with Gasteiger partial charge in [-0.2, -0.15) is 4.31 Å². The number of hydrogen-bond donors (Lipinski definition) is 1. The molecular formula is C13H18FNO3S. The predicted molar refractivity (Wildman–Crippen MR) is 69.6 cm³/mol. The quantitative estimate of drug-likeness (QED) is 0.921. The van der Waals surface area contributed by atoms with Gasteiger partial charge >= 0.3 is 0 Å². The number of halogens is 1. The molecule has 2 rings (SSSR count). The van der Waals surface area contributed by atoms with Crippen LogP contribution in [0.15, 0.2) is 29.2 Å². The van der Waals surface area contributed by atoms with Gasteiger partial charge in [-0.15, -0.1) is 0 Å². The van der Waals surface area contributed by atoms with Crippen molar-refractivity contribution in [2.24, 2.45) is 0 Å². The van der Waals surface area contributed by atoms with Crippen molar-refractivity contribution >= 4 is 10.0 Å². The first-order valence-corrected chi connectivity index (χ1v) is 7.78. The van der Waals surface area contributed by atoms with E-state index in [0.717, 1.165) is 18.9 Å². The Morgan fingerprint density at radius 3 is 2.63 bits per heavy atom. The van der Waals surface area contributed by atoms with E-state index < -0.39 is 28.0 Å². The Hall–Kier alpha value is -0.980. The summed E-state index contributed by atoms with van der Waals surface area (Å²) in [5.74, 6) is -0.585. The van der Waals surface area contributed by atoms with Gasteiger partial charge in [-0.1, -0.05) is 18.9 Å². The molecule has 1 saturated carbocycles. The standard InChI is InChI=1S/C13H18FNO3S/c1-15(12-7-2-3-8-13(12)16)19(17,18)11-6-4-5-10(14)9-11/h4-6,9,12-13,16H,2-3,7-8H2,1H3. The van der Waals surface area contributed by atoms with Crippen molar-refractivity contribution in [1.29, 1.82) is 0 Å². The first-order chi connectivity index (χ1) is 8.93. The summed E-state index contributed by atoms with van der Waals surface area (Å²) in [6.45, 7) is 0. The predicted octanol–water partition coefficient (Wildman–Crippen LogP) is 1.75. The summed E-state index contributed by atoms with van der Waals surface area (Å²) in [6.07, 6.45) is 2.39.